The molecular formula is C67H94ClFN6O15. The van der Waals surface area contributed by atoms with Crippen molar-refractivity contribution in [2.75, 3.05) is 79.6 Å². The molecule has 0 radical (unpaired) electrons. The zero-order valence-electron chi connectivity index (χ0n) is 53.7. The smallest absolute Gasteiger partial charge is 0.329 e. The third-order valence-electron chi connectivity index (χ3n) is 19.1. The van der Waals surface area contributed by atoms with Crippen molar-refractivity contribution in [3.05, 3.63) is 70.8 Å². The fourth-order valence-electron chi connectivity index (χ4n) is 13.8. The monoisotopic (exact) mass is 1280 g/mol. The maximum Gasteiger partial charge on any atom is 0.329 e. The van der Waals surface area contributed by atoms with Gasteiger partial charge in [-0.15, -0.1) is 0 Å². The summed E-state index contributed by atoms with van der Waals surface area (Å²) in [5.41, 5.74) is 2.67. The molecule has 23 heteroatoms. The number of aliphatic hydroxyl groups is 3. The van der Waals surface area contributed by atoms with Gasteiger partial charge in [0, 0.05) is 108 Å². The second-order valence-corrected chi connectivity index (χ2v) is 26.0. The van der Waals surface area contributed by atoms with Crippen LogP contribution in [0, 0.1) is 35.4 Å². The lowest BCUT2D eigenvalue weighted by atomic mass is 9.81. The Hall–Kier alpha value is -5.69. The molecule has 4 aliphatic heterocycles. The summed E-state index contributed by atoms with van der Waals surface area (Å²) in [5, 5.41) is 38.9. The fourth-order valence-corrected chi connectivity index (χ4v) is 13.9. The van der Waals surface area contributed by atoms with E-state index < -0.39 is 95.8 Å². The summed E-state index contributed by atoms with van der Waals surface area (Å²) >= 11 is 6.03. The van der Waals surface area contributed by atoms with Crippen LogP contribution in [-0.2, 0) is 47.7 Å². The van der Waals surface area contributed by atoms with Gasteiger partial charge in [-0.25, -0.2) is 19.2 Å². The number of fused-ring (bicyclic) bond motifs is 4. The van der Waals surface area contributed by atoms with Gasteiger partial charge in [-0.2, -0.15) is 0 Å². The molecule has 3 aromatic rings. The molecular weight excluding hydrogens is 1180 g/mol. The van der Waals surface area contributed by atoms with E-state index in [2.05, 4.69) is 20.2 Å². The normalized spacial score (nSPS) is 31.5. The van der Waals surface area contributed by atoms with Gasteiger partial charge in [-0.1, -0.05) is 50.1 Å². The maximum atomic E-state index is 14.8. The lowest BCUT2D eigenvalue weighted by Crippen LogP contribution is -2.64. The van der Waals surface area contributed by atoms with Gasteiger partial charge in [0.05, 0.1) is 54.8 Å². The highest BCUT2D eigenvalue weighted by Crippen LogP contribution is 2.41. The highest BCUT2D eigenvalue weighted by Gasteiger charge is 2.57. The number of esters is 1. The number of hydrogen-bond donors (Lipinski definition) is 4. The van der Waals surface area contributed by atoms with Crippen LogP contribution in [0.3, 0.4) is 0 Å². The van der Waals surface area contributed by atoms with Crippen LogP contribution in [0.15, 0.2) is 60.0 Å². The Labute approximate surface area is 533 Å². The number of amides is 2. The Kier molecular flexibility index (Phi) is 25.1. The molecule has 1 aliphatic carbocycles. The van der Waals surface area contributed by atoms with Gasteiger partial charge in [0.15, 0.2) is 11.5 Å². The maximum absolute atomic E-state index is 14.8. The Morgan fingerprint density at radius 3 is 2.31 bits per heavy atom. The number of Topliss-reactive ketones (excluding diaryl/α,β-unsaturated/α-hetero) is 2. The minimum Gasteiger partial charge on any atom is -0.493 e. The summed E-state index contributed by atoms with van der Waals surface area (Å²) in [6, 6.07) is 6.70. The lowest BCUT2D eigenvalue weighted by Gasteiger charge is -2.47. The first kappa shape index (κ1) is 70.2. The average molecular weight is 1280 g/mol. The van der Waals surface area contributed by atoms with Gasteiger partial charge in [-0.3, -0.25) is 24.1 Å². The van der Waals surface area contributed by atoms with Crippen LogP contribution in [0.2, 0.25) is 5.02 Å². The van der Waals surface area contributed by atoms with Crippen LogP contribution in [0.1, 0.15) is 125 Å². The van der Waals surface area contributed by atoms with Gasteiger partial charge in [-0.05, 0) is 133 Å². The number of ether oxygens (including phenoxy) is 7. The molecule has 5 heterocycles. The molecule has 0 spiro atoms. The molecule has 5 aliphatic rings. The Bertz CT molecular complexity index is 3040. The molecule has 90 heavy (non-hydrogen) atoms. The van der Waals surface area contributed by atoms with E-state index in [0.717, 1.165) is 12.1 Å². The Morgan fingerprint density at radius 1 is 0.867 bits per heavy atom. The predicted octanol–water partition coefficient (Wildman–Crippen LogP) is 8.33. The van der Waals surface area contributed by atoms with Crippen molar-refractivity contribution in [2.24, 2.45) is 29.6 Å². The molecule has 0 unspecified atom stereocenters. The van der Waals surface area contributed by atoms with E-state index in [1.54, 1.807) is 47.1 Å². The van der Waals surface area contributed by atoms with Crippen molar-refractivity contribution in [1.82, 2.24) is 24.7 Å². The number of allylic oxidation sites excluding steroid dienone is 3. The van der Waals surface area contributed by atoms with E-state index in [4.69, 9.17) is 44.8 Å². The van der Waals surface area contributed by atoms with Gasteiger partial charge < -0.3 is 63.6 Å². The van der Waals surface area contributed by atoms with E-state index >= 15 is 0 Å². The zero-order chi connectivity index (χ0) is 65.0. The summed E-state index contributed by atoms with van der Waals surface area (Å²) < 4.78 is 56.1. The van der Waals surface area contributed by atoms with Crippen molar-refractivity contribution in [3.63, 3.8) is 0 Å². The lowest BCUT2D eigenvalue weighted by molar-refractivity contribution is -0.302. The van der Waals surface area contributed by atoms with Crippen molar-refractivity contribution < 1.29 is 76.8 Å². The van der Waals surface area contributed by atoms with Gasteiger partial charge in [0.25, 0.3) is 11.7 Å². The number of anilines is 2. The largest absolute Gasteiger partial charge is 0.493 e. The number of benzene rings is 2. The van der Waals surface area contributed by atoms with E-state index in [1.165, 1.54) is 37.6 Å². The van der Waals surface area contributed by atoms with Gasteiger partial charge >= 0.3 is 5.97 Å². The number of rotatable bonds is 17. The van der Waals surface area contributed by atoms with Crippen LogP contribution in [0.5, 0.6) is 11.5 Å². The van der Waals surface area contributed by atoms with Crippen molar-refractivity contribution >= 4 is 63.4 Å². The molecule has 1 saturated carbocycles. The molecule has 1 aromatic heterocycles. The minimum atomic E-state index is -2.57. The molecule has 496 valence electrons. The number of aliphatic hydroxyl groups excluding tert-OH is 2. The third kappa shape index (κ3) is 17.3. The van der Waals surface area contributed by atoms with Crippen LogP contribution in [0.25, 0.3) is 10.9 Å². The number of hydrogen-bond acceptors (Lipinski definition) is 19. The summed E-state index contributed by atoms with van der Waals surface area (Å²) in [6.45, 7) is 12.7. The predicted molar refractivity (Wildman–Crippen MR) is 336 cm³/mol. The number of carbonyl (C=O) groups is 5. The molecule has 3 saturated heterocycles. The van der Waals surface area contributed by atoms with E-state index in [1.807, 2.05) is 37.0 Å². The number of piperazine rings is 1. The molecule has 14 atom stereocenters. The number of cyclic esters (lactones) is 1. The number of ketones is 2. The summed E-state index contributed by atoms with van der Waals surface area (Å²) in [4.78, 5) is 86.5. The second kappa shape index (κ2) is 32.2. The Balaban J connectivity index is 0.946. The van der Waals surface area contributed by atoms with Crippen molar-refractivity contribution in [1.29, 1.82) is 0 Å². The van der Waals surface area contributed by atoms with Gasteiger partial charge in [0.2, 0.25) is 11.7 Å². The van der Waals surface area contributed by atoms with Crippen LogP contribution in [0.4, 0.5) is 15.9 Å². The number of nitrogens with one attached hydrogen (secondary N) is 1. The first-order valence-electron chi connectivity index (χ1n) is 32.0. The first-order chi connectivity index (χ1) is 43.0. The number of methoxy groups -OCH3 is 4. The SMILES string of the molecule is COc1cc2ncnc(Nc3ccc(F)c(Cl)c3)c2cc1OCCCN1CCN(C(=O)CCC[C@@H]2/C=C(\C)C[C@H](C)C[C@H](OC)[C@H]3O[C@@](O)(C(=O)C(=O)N4CCCC[C@H]4C(=O)O[C@H](/C(C)=C/[C@@H]4CC[C@@H](O)[C@H](OC)C4)[C@H](C)[C@@H](O)CC2=O)[C@H](C)C[C@@H]3OC)CC1. The number of halogens is 2. The molecule has 8 rings (SSSR count). The third-order valence-corrected chi connectivity index (χ3v) is 19.4. The average Bonchev–Trinajstić information content (AvgIpc) is 0.861. The Morgan fingerprint density at radius 2 is 1.60 bits per heavy atom. The molecule has 21 nitrogen and oxygen atoms in total. The number of carbonyl (C=O) groups excluding carboxylic acids is 5. The highest BCUT2D eigenvalue weighted by atomic mass is 35.5. The number of piperidine rings is 1. The van der Waals surface area contributed by atoms with Gasteiger partial charge in [0.1, 0.15) is 42.0 Å². The second-order valence-electron chi connectivity index (χ2n) is 25.6. The van der Waals surface area contributed by atoms with E-state index in [9.17, 15) is 43.7 Å². The highest BCUT2D eigenvalue weighted by molar-refractivity contribution is 6.39. The number of nitrogens with zero attached hydrogens (tertiary/aromatic N) is 5. The summed E-state index contributed by atoms with van der Waals surface area (Å²) in [5.74, 6) is -7.48. The standard InChI is InChI=1S/C67H94ClFN6O15/c1-39-28-40(2)30-58(86-8)62-59(87-9)32-42(4)67(83,90-62)63(80)65(81)75-22-11-10-15-51(75)66(82)89-61(41(3)31-44-17-20-52(76)55(33-44)84-6)43(5)53(77)37-54(78)45(29-39)14-12-16-60(79)74-25-23-73(24-26-74)21-13-27-88-57-35-47-50(36-56(57)85-7)70-38-71-64(47)72-46-18-19-49(69)48(68)34-46/h18-19,29,31,34-36,38,40,42-45,51-53,55,58-59,61-62,76-77,83H,10-17,20-28,30,32-33,37H2,1-9H3,(H,70,71,72)/b39-29+,41-31+/t40-,42+,43+,44-,45+,51-,52+,53-,55+,58-,59-,61+,62+,67+/m0/s1. The van der Waals surface area contributed by atoms with E-state index in [0.29, 0.717) is 136 Å². The fraction of sp³-hybridized carbons (Fsp3) is 0.657. The summed E-state index contributed by atoms with van der Waals surface area (Å²) in [7, 11) is 6.14. The summed E-state index contributed by atoms with van der Waals surface area (Å²) in [6.07, 6.45) is 4.89. The molecule has 2 amide bonds. The topological polar surface area (TPSA) is 258 Å². The molecule has 2 aromatic carbocycles. The zero-order valence-corrected chi connectivity index (χ0v) is 54.5. The molecule has 4 fully saturated rings. The molecule has 2 bridgehead atoms. The van der Waals surface area contributed by atoms with Crippen LogP contribution >= 0.6 is 11.6 Å². The quantitative estimate of drug-likeness (QED) is 0.0428. The molecule has 4 N–H and O–H groups in total. The van der Waals surface area contributed by atoms with Crippen molar-refractivity contribution in [2.45, 2.75) is 179 Å². The minimum absolute atomic E-state index is 0.0118. The van der Waals surface area contributed by atoms with E-state index in [-0.39, 0.29) is 60.8 Å². The van der Waals surface area contributed by atoms with Crippen LogP contribution < -0.4 is 14.8 Å². The number of aromatic nitrogens is 2. The first-order valence-corrected chi connectivity index (χ1v) is 32.4. The van der Waals surface area contributed by atoms with Crippen LogP contribution in [-0.4, -0.2) is 198 Å². The van der Waals surface area contributed by atoms with Crippen molar-refractivity contribution in [3.8, 4) is 11.5 Å².